The number of alkyl halides is 1. The van der Waals surface area contributed by atoms with Gasteiger partial charge < -0.3 is 15.0 Å². The molecule has 4 fully saturated rings. The Morgan fingerprint density at radius 2 is 1.95 bits per heavy atom. The summed E-state index contributed by atoms with van der Waals surface area (Å²) in [7, 11) is 2.29. The second kappa shape index (κ2) is 9.11. The molecular weight excluding hydrogens is 491 g/mol. The molecule has 6 aliphatic rings. The molecule has 5 atom stereocenters. The van der Waals surface area contributed by atoms with Gasteiger partial charge in [-0.1, -0.05) is 24.3 Å². The molecule has 2 bridgehead atoms. The van der Waals surface area contributed by atoms with E-state index in [-0.39, 0.29) is 12.5 Å². The molecule has 1 aromatic carbocycles. The number of ether oxygens (including phenoxy) is 1. The van der Waals surface area contributed by atoms with Crippen molar-refractivity contribution in [2.75, 3.05) is 44.7 Å². The van der Waals surface area contributed by atoms with Crippen molar-refractivity contribution in [1.82, 2.24) is 25.1 Å². The van der Waals surface area contributed by atoms with E-state index in [1.807, 2.05) is 0 Å². The van der Waals surface area contributed by atoms with Crippen LogP contribution in [0.4, 0.5) is 10.2 Å². The van der Waals surface area contributed by atoms with Gasteiger partial charge in [-0.2, -0.15) is 9.97 Å². The van der Waals surface area contributed by atoms with Gasteiger partial charge >= 0.3 is 6.01 Å². The number of hydrogen-bond donors (Lipinski definition) is 1. The minimum absolute atomic E-state index is 0. The topological polar surface area (TPSA) is 56.8 Å². The Hall–Kier alpha value is -2.29. The molecule has 210 valence electrons. The maximum atomic E-state index is 14.4. The van der Waals surface area contributed by atoms with E-state index in [2.05, 4.69) is 51.3 Å². The summed E-state index contributed by atoms with van der Waals surface area (Å²) in [5.41, 5.74) is 5.12. The largest absolute Gasteiger partial charge is 0.461 e. The number of nitrogens with zero attached hydrogens (tertiary/aromatic N) is 5. The second-order valence-electron chi connectivity index (χ2n) is 13.2. The van der Waals surface area contributed by atoms with Gasteiger partial charge in [0, 0.05) is 58.1 Å². The van der Waals surface area contributed by atoms with Gasteiger partial charge in [0.2, 0.25) is 0 Å². The van der Waals surface area contributed by atoms with Crippen molar-refractivity contribution in [3.8, 4) is 6.01 Å². The normalized spacial score (nSPS) is 35.7. The van der Waals surface area contributed by atoms with E-state index in [0.29, 0.717) is 37.7 Å². The smallest absolute Gasteiger partial charge is 0.318 e. The van der Waals surface area contributed by atoms with Gasteiger partial charge in [0.05, 0.1) is 16.8 Å². The lowest BCUT2D eigenvalue weighted by Crippen LogP contribution is -2.53. The Bertz CT molecular complexity index is 1270. The number of piperazine rings is 1. The lowest BCUT2D eigenvalue weighted by atomic mass is 9.71. The van der Waals surface area contributed by atoms with Crippen LogP contribution in [-0.4, -0.2) is 83.4 Å². The van der Waals surface area contributed by atoms with Crippen LogP contribution in [0.15, 0.2) is 24.3 Å². The maximum absolute atomic E-state index is 14.4. The van der Waals surface area contributed by atoms with Crippen molar-refractivity contribution < 1.29 is 10.6 Å². The lowest BCUT2D eigenvalue weighted by molar-refractivity contribution is 0.0713. The van der Waals surface area contributed by atoms with Crippen molar-refractivity contribution in [3.63, 3.8) is 0 Å². The number of halogens is 1. The van der Waals surface area contributed by atoms with E-state index in [4.69, 9.17) is 14.7 Å². The molecule has 39 heavy (non-hydrogen) atoms. The summed E-state index contributed by atoms with van der Waals surface area (Å²) >= 11 is 0. The molecule has 4 saturated heterocycles. The third-order valence-electron chi connectivity index (χ3n) is 10.9. The molecule has 2 unspecified atom stereocenters. The van der Waals surface area contributed by atoms with Crippen LogP contribution in [0.3, 0.4) is 0 Å². The predicted octanol–water partition coefficient (Wildman–Crippen LogP) is 3.84. The van der Waals surface area contributed by atoms with Crippen LogP contribution >= 0.6 is 0 Å². The summed E-state index contributed by atoms with van der Waals surface area (Å²) in [4.78, 5) is 17.7. The minimum Gasteiger partial charge on any atom is -0.461 e. The zero-order valence-electron chi connectivity index (χ0n) is 23.2. The van der Waals surface area contributed by atoms with Crippen LogP contribution in [-0.2, 0) is 24.9 Å². The number of anilines is 1. The Morgan fingerprint density at radius 3 is 2.82 bits per heavy atom. The SMILES string of the molecule is CN1Cc2c(nc(OC[C@@]34CCCN3C[C@H](F)C4)nc2N2CC3CCC(C2)N3)C[C@]12CCCc1ccccc12.[HH]. The molecule has 5 aliphatic heterocycles. The summed E-state index contributed by atoms with van der Waals surface area (Å²) < 4.78 is 20.9. The van der Waals surface area contributed by atoms with Gasteiger partial charge in [-0.3, -0.25) is 9.80 Å². The van der Waals surface area contributed by atoms with Gasteiger partial charge in [-0.25, -0.2) is 4.39 Å². The van der Waals surface area contributed by atoms with Crippen molar-refractivity contribution in [3.05, 3.63) is 46.6 Å². The van der Waals surface area contributed by atoms with Crippen LogP contribution in [0.25, 0.3) is 0 Å². The summed E-state index contributed by atoms with van der Waals surface area (Å²) in [6.07, 6.45) is 8.76. The average molecular weight is 535 g/mol. The highest BCUT2D eigenvalue weighted by molar-refractivity contribution is 5.54. The third kappa shape index (κ3) is 3.92. The Kier molecular flexibility index (Phi) is 5.73. The number of aromatic nitrogens is 2. The number of hydrogen-bond acceptors (Lipinski definition) is 7. The maximum Gasteiger partial charge on any atom is 0.318 e. The quantitative estimate of drug-likeness (QED) is 0.640. The number of nitrogens with one attached hydrogen (secondary N) is 1. The molecule has 1 spiro atoms. The Morgan fingerprint density at radius 1 is 1.10 bits per heavy atom. The summed E-state index contributed by atoms with van der Waals surface area (Å²) in [5.74, 6) is 1.06. The van der Waals surface area contributed by atoms with E-state index in [9.17, 15) is 4.39 Å². The van der Waals surface area contributed by atoms with Crippen LogP contribution in [0, 0.1) is 0 Å². The molecule has 0 radical (unpaired) electrons. The monoisotopic (exact) mass is 534 g/mol. The highest BCUT2D eigenvalue weighted by Crippen LogP contribution is 2.47. The average Bonchev–Trinajstić information content (AvgIpc) is 3.58. The van der Waals surface area contributed by atoms with E-state index in [1.54, 1.807) is 0 Å². The fourth-order valence-corrected chi connectivity index (χ4v) is 9.03. The molecule has 2 aromatic rings. The molecule has 1 N–H and O–H groups in total. The number of fused-ring (bicyclic) bond motifs is 6. The standard InChI is InChI=1S/C31H41FN6O.H2/c1-36-19-25-27(15-31(36)12-4-7-21-6-2-3-8-26(21)31)34-29(35-28(25)37-17-23-9-10-24(18-37)33-23)39-20-30-11-5-13-38(30)16-22(32)14-30;/h2-3,6,8,22-24,33H,4-5,7,9-20H2,1H3;1H/t22-,23?,24?,30+,31+;/m1./s1. The first-order valence-corrected chi connectivity index (χ1v) is 15.2. The van der Waals surface area contributed by atoms with E-state index in [1.165, 1.54) is 36.0 Å². The fraction of sp³-hybridized carbons (Fsp3) is 0.677. The number of likely N-dealkylation sites (N-methyl/N-ethyl adjacent to an activating group) is 1. The van der Waals surface area contributed by atoms with Crippen molar-refractivity contribution in [1.29, 1.82) is 0 Å². The minimum atomic E-state index is -0.757. The van der Waals surface area contributed by atoms with Crippen molar-refractivity contribution in [2.45, 2.75) is 93.7 Å². The van der Waals surface area contributed by atoms with Gasteiger partial charge in [0.15, 0.2) is 0 Å². The van der Waals surface area contributed by atoms with Crippen LogP contribution in [0.1, 0.15) is 68.8 Å². The van der Waals surface area contributed by atoms with Gasteiger partial charge in [-0.15, -0.1) is 0 Å². The highest BCUT2D eigenvalue weighted by Gasteiger charge is 2.50. The number of aryl methyl sites for hydroxylation is 1. The van der Waals surface area contributed by atoms with Crippen molar-refractivity contribution >= 4 is 5.82 Å². The van der Waals surface area contributed by atoms with Gasteiger partial charge in [0.1, 0.15) is 18.6 Å². The molecule has 1 aromatic heterocycles. The molecule has 6 heterocycles. The van der Waals surface area contributed by atoms with E-state index in [0.717, 1.165) is 69.8 Å². The first-order valence-electron chi connectivity index (χ1n) is 15.2. The molecule has 7 nitrogen and oxygen atoms in total. The molecule has 0 saturated carbocycles. The summed E-state index contributed by atoms with van der Waals surface area (Å²) in [5, 5.41) is 3.77. The molecule has 0 amide bonds. The fourth-order valence-electron chi connectivity index (χ4n) is 9.03. The first kappa shape index (κ1) is 24.5. The highest BCUT2D eigenvalue weighted by atomic mass is 19.1. The number of benzene rings is 1. The van der Waals surface area contributed by atoms with E-state index >= 15 is 0 Å². The first-order chi connectivity index (χ1) is 19.0. The molecule has 1 aliphatic carbocycles. The third-order valence-corrected chi connectivity index (χ3v) is 10.9. The number of rotatable bonds is 4. The Labute approximate surface area is 232 Å². The van der Waals surface area contributed by atoms with E-state index < -0.39 is 6.17 Å². The zero-order valence-corrected chi connectivity index (χ0v) is 23.2. The van der Waals surface area contributed by atoms with Crippen LogP contribution < -0.4 is 15.0 Å². The summed E-state index contributed by atoms with van der Waals surface area (Å²) in [6.45, 7) is 4.80. The zero-order chi connectivity index (χ0) is 26.2. The van der Waals surface area contributed by atoms with Crippen LogP contribution in [0.5, 0.6) is 6.01 Å². The predicted molar refractivity (Wildman–Crippen MR) is 151 cm³/mol. The summed E-state index contributed by atoms with van der Waals surface area (Å²) in [6, 6.07) is 10.6. The van der Waals surface area contributed by atoms with Gasteiger partial charge in [-0.05, 0) is 69.7 Å². The molecular formula is C31H43FN6O. The van der Waals surface area contributed by atoms with Crippen molar-refractivity contribution in [2.24, 2.45) is 0 Å². The lowest BCUT2D eigenvalue weighted by Gasteiger charge is -2.49. The molecule has 8 rings (SSSR count). The molecule has 8 heteroatoms. The Balaban J connectivity index is 0.00000264. The second-order valence-corrected chi connectivity index (χ2v) is 13.2. The van der Waals surface area contributed by atoms with Crippen LogP contribution in [0.2, 0.25) is 0 Å². The van der Waals surface area contributed by atoms with Gasteiger partial charge in [0.25, 0.3) is 0 Å².